The molecule has 0 aliphatic heterocycles. The molecule has 1 atom stereocenters. The fourth-order valence-electron chi connectivity index (χ4n) is 2.02. The van der Waals surface area contributed by atoms with Crippen LogP contribution in [0.1, 0.15) is 28.0 Å². The lowest BCUT2D eigenvalue weighted by atomic mass is 10.1. The molecule has 0 fully saturated rings. The maximum absolute atomic E-state index is 12.1. The SMILES string of the molecule is CC(Cc1ccc(Cl)cc1Cl)NC(=O)c1csc(CCN)n1. The Labute approximate surface area is 143 Å². The third-order valence-corrected chi connectivity index (χ3v) is 4.56. The fraction of sp³-hybridized carbons (Fsp3) is 0.333. The van der Waals surface area contributed by atoms with Gasteiger partial charge in [-0.1, -0.05) is 29.3 Å². The van der Waals surface area contributed by atoms with Crippen molar-refractivity contribution in [1.29, 1.82) is 0 Å². The number of hydrogen-bond donors (Lipinski definition) is 2. The van der Waals surface area contributed by atoms with Crippen molar-refractivity contribution < 1.29 is 4.79 Å². The van der Waals surface area contributed by atoms with Crippen LogP contribution in [-0.4, -0.2) is 23.5 Å². The van der Waals surface area contributed by atoms with Gasteiger partial charge in [0.1, 0.15) is 5.69 Å². The van der Waals surface area contributed by atoms with Crippen molar-refractivity contribution in [2.24, 2.45) is 5.73 Å². The highest BCUT2D eigenvalue weighted by molar-refractivity contribution is 7.09. The molecule has 0 aliphatic carbocycles. The van der Waals surface area contributed by atoms with Crippen molar-refractivity contribution in [2.75, 3.05) is 6.54 Å². The Morgan fingerprint density at radius 1 is 1.45 bits per heavy atom. The van der Waals surface area contributed by atoms with Crippen molar-refractivity contribution in [3.8, 4) is 0 Å². The number of carbonyl (C=O) groups excluding carboxylic acids is 1. The lowest BCUT2D eigenvalue weighted by Crippen LogP contribution is -2.34. The van der Waals surface area contributed by atoms with E-state index in [-0.39, 0.29) is 11.9 Å². The first-order valence-electron chi connectivity index (χ1n) is 6.89. The highest BCUT2D eigenvalue weighted by Gasteiger charge is 2.14. The molecule has 1 amide bonds. The summed E-state index contributed by atoms with van der Waals surface area (Å²) < 4.78 is 0. The molecule has 7 heteroatoms. The van der Waals surface area contributed by atoms with Gasteiger partial charge < -0.3 is 11.1 Å². The van der Waals surface area contributed by atoms with Crippen molar-refractivity contribution in [3.63, 3.8) is 0 Å². The Balaban J connectivity index is 1.95. The van der Waals surface area contributed by atoms with Crippen LogP contribution >= 0.6 is 34.5 Å². The highest BCUT2D eigenvalue weighted by atomic mass is 35.5. The quantitative estimate of drug-likeness (QED) is 0.833. The first-order chi connectivity index (χ1) is 10.5. The Morgan fingerprint density at radius 2 is 2.23 bits per heavy atom. The molecule has 22 heavy (non-hydrogen) atoms. The van der Waals surface area contributed by atoms with Gasteiger partial charge in [0, 0.05) is 27.9 Å². The second-order valence-electron chi connectivity index (χ2n) is 4.98. The van der Waals surface area contributed by atoms with Gasteiger partial charge in [-0.15, -0.1) is 11.3 Å². The summed E-state index contributed by atoms with van der Waals surface area (Å²) in [4.78, 5) is 16.4. The Morgan fingerprint density at radius 3 is 2.91 bits per heavy atom. The summed E-state index contributed by atoms with van der Waals surface area (Å²) >= 11 is 13.5. The Hall–Kier alpha value is -1.14. The minimum Gasteiger partial charge on any atom is -0.348 e. The molecule has 0 saturated heterocycles. The van der Waals surface area contributed by atoms with Crippen molar-refractivity contribution >= 4 is 40.4 Å². The monoisotopic (exact) mass is 357 g/mol. The molecule has 4 nitrogen and oxygen atoms in total. The molecule has 2 rings (SSSR count). The van der Waals surface area contributed by atoms with E-state index in [0.29, 0.717) is 35.1 Å². The Kier molecular flexibility index (Phi) is 6.20. The van der Waals surface area contributed by atoms with Crippen LogP contribution in [0.15, 0.2) is 23.6 Å². The smallest absolute Gasteiger partial charge is 0.270 e. The number of nitrogens with zero attached hydrogens (tertiary/aromatic N) is 1. The second-order valence-corrected chi connectivity index (χ2v) is 6.77. The maximum Gasteiger partial charge on any atom is 0.270 e. The maximum atomic E-state index is 12.1. The van der Waals surface area contributed by atoms with E-state index >= 15 is 0 Å². The van der Waals surface area contributed by atoms with Crippen LogP contribution in [0.2, 0.25) is 10.0 Å². The van der Waals surface area contributed by atoms with E-state index in [4.69, 9.17) is 28.9 Å². The van der Waals surface area contributed by atoms with E-state index in [1.165, 1.54) is 11.3 Å². The number of carbonyl (C=O) groups is 1. The normalized spacial score (nSPS) is 12.2. The van der Waals surface area contributed by atoms with Gasteiger partial charge in [-0.05, 0) is 37.6 Å². The third-order valence-electron chi connectivity index (χ3n) is 3.06. The van der Waals surface area contributed by atoms with Crippen LogP contribution in [0.4, 0.5) is 0 Å². The van der Waals surface area contributed by atoms with Crippen LogP contribution in [0.3, 0.4) is 0 Å². The summed E-state index contributed by atoms with van der Waals surface area (Å²) in [7, 11) is 0. The zero-order chi connectivity index (χ0) is 16.1. The molecule has 0 radical (unpaired) electrons. The minimum absolute atomic E-state index is 0.0640. The lowest BCUT2D eigenvalue weighted by molar-refractivity contribution is 0.0935. The van der Waals surface area contributed by atoms with Crippen molar-refractivity contribution in [2.45, 2.75) is 25.8 Å². The molecule has 2 aromatic rings. The number of nitrogens with one attached hydrogen (secondary N) is 1. The molecule has 1 heterocycles. The number of aromatic nitrogens is 1. The zero-order valence-corrected chi connectivity index (χ0v) is 14.4. The average Bonchev–Trinajstić information content (AvgIpc) is 2.91. The summed E-state index contributed by atoms with van der Waals surface area (Å²) in [6.45, 7) is 2.45. The predicted octanol–water partition coefficient (Wildman–Crippen LogP) is 3.31. The van der Waals surface area contributed by atoms with Crippen LogP contribution in [0.25, 0.3) is 0 Å². The number of hydrogen-bond acceptors (Lipinski definition) is 4. The number of halogens is 2. The molecule has 0 aliphatic rings. The van der Waals surface area contributed by atoms with Crippen molar-refractivity contribution in [1.82, 2.24) is 10.3 Å². The summed E-state index contributed by atoms with van der Waals surface area (Å²) in [5.74, 6) is -0.183. The second kappa shape index (κ2) is 7.92. The van der Waals surface area contributed by atoms with Gasteiger partial charge >= 0.3 is 0 Å². The van der Waals surface area contributed by atoms with E-state index in [2.05, 4.69) is 10.3 Å². The summed E-state index contributed by atoms with van der Waals surface area (Å²) in [6, 6.07) is 5.30. The Bertz CT molecular complexity index is 660. The molecule has 1 aromatic carbocycles. The minimum atomic E-state index is -0.183. The molecule has 0 spiro atoms. The number of amides is 1. The van der Waals surface area contributed by atoms with Gasteiger partial charge in [-0.3, -0.25) is 4.79 Å². The van der Waals surface area contributed by atoms with E-state index in [1.54, 1.807) is 17.5 Å². The molecule has 3 N–H and O–H groups in total. The first kappa shape index (κ1) is 17.2. The lowest BCUT2D eigenvalue weighted by Gasteiger charge is -2.14. The molecular formula is C15H17Cl2N3OS. The fourth-order valence-corrected chi connectivity index (χ4v) is 3.30. The molecule has 1 unspecified atom stereocenters. The molecule has 118 valence electrons. The summed E-state index contributed by atoms with van der Waals surface area (Å²) in [6.07, 6.45) is 1.31. The zero-order valence-electron chi connectivity index (χ0n) is 12.1. The van der Waals surface area contributed by atoms with E-state index in [9.17, 15) is 4.79 Å². The average molecular weight is 358 g/mol. The highest BCUT2D eigenvalue weighted by Crippen LogP contribution is 2.22. The van der Waals surface area contributed by atoms with E-state index < -0.39 is 0 Å². The summed E-state index contributed by atoms with van der Waals surface area (Å²) in [5, 5.41) is 6.75. The van der Waals surface area contributed by atoms with Gasteiger partial charge in [-0.25, -0.2) is 4.98 Å². The van der Waals surface area contributed by atoms with Crippen LogP contribution in [-0.2, 0) is 12.8 Å². The van der Waals surface area contributed by atoms with Crippen LogP contribution in [0, 0.1) is 0 Å². The summed E-state index contributed by atoms with van der Waals surface area (Å²) in [5.41, 5.74) is 6.86. The van der Waals surface area contributed by atoms with Gasteiger partial charge in [0.15, 0.2) is 0 Å². The van der Waals surface area contributed by atoms with E-state index in [0.717, 1.165) is 10.6 Å². The van der Waals surface area contributed by atoms with Gasteiger partial charge in [-0.2, -0.15) is 0 Å². The first-order valence-corrected chi connectivity index (χ1v) is 8.52. The molecule has 0 bridgehead atoms. The number of thiazole rings is 1. The van der Waals surface area contributed by atoms with E-state index in [1.807, 2.05) is 13.0 Å². The van der Waals surface area contributed by atoms with Crippen LogP contribution < -0.4 is 11.1 Å². The van der Waals surface area contributed by atoms with Gasteiger partial charge in [0.2, 0.25) is 0 Å². The standard InChI is InChI=1S/C15H17Cl2N3OS/c1-9(6-10-2-3-11(16)7-12(10)17)19-15(21)13-8-22-14(20-13)4-5-18/h2-3,7-9H,4-6,18H2,1H3,(H,19,21). The molecule has 0 saturated carbocycles. The van der Waals surface area contributed by atoms with Gasteiger partial charge in [0.25, 0.3) is 5.91 Å². The molecule has 1 aromatic heterocycles. The third kappa shape index (κ3) is 4.68. The van der Waals surface area contributed by atoms with Crippen LogP contribution in [0.5, 0.6) is 0 Å². The number of rotatable bonds is 6. The molecular weight excluding hydrogens is 341 g/mol. The predicted molar refractivity (Wildman–Crippen MR) is 92.0 cm³/mol. The van der Waals surface area contributed by atoms with Crippen molar-refractivity contribution in [3.05, 3.63) is 49.9 Å². The number of benzene rings is 1. The topological polar surface area (TPSA) is 68.0 Å². The largest absolute Gasteiger partial charge is 0.348 e. The number of nitrogens with two attached hydrogens (primary N) is 1. The van der Waals surface area contributed by atoms with Gasteiger partial charge in [0.05, 0.1) is 5.01 Å².